The maximum Gasteiger partial charge on any atom is 0.338 e. The molecule has 8 heteroatoms. The van der Waals surface area contributed by atoms with Crippen molar-refractivity contribution >= 4 is 46.5 Å². The Hall–Kier alpha value is -2.02. The van der Waals surface area contributed by atoms with Crippen LogP contribution in [0.3, 0.4) is 0 Å². The average molecular weight is 411 g/mol. The van der Waals surface area contributed by atoms with Crippen molar-refractivity contribution in [1.29, 1.82) is 0 Å². The second-order valence-corrected chi connectivity index (χ2v) is 6.84. The van der Waals surface area contributed by atoms with E-state index in [0.717, 1.165) is 5.56 Å². The molecule has 1 aromatic heterocycles. The molecule has 0 saturated carbocycles. The van der Waals surface area contributed by atoms with Crippen molar-refractivity contribution in [2.75, 3.05) is 6.61 Å². The molecular formula is C18H16Cl2N2O3S. The fourth-order valence-electron chi connectivity index (χ4n) is 2.70. The minimum atomic E-state index is -0.542. The van der Waals surface area contributed by atoms with Gasteiger partial charge in [-0.05, 0) is 56.4 Å². The average Bonchev–Trinajstić information content (AvgIpc) is 3.06. The fourth-order valence-corrected chi connectivity index (χ4v) is 3.27. The minimum absolute atomic E-state index is 0.277. The Balaban J connectivity index is 1.98. The van der Waals surface area contributed by atoms with Crippen molar-refractivity contribution in [3.8, 4) is 11.3 Å². The summed E-state index contributed by atoms with van der Waals surface area (Å²) in [5, 5.41) is 7.32. The highest BCUT2D eigenvalue weighted by Gasteiger charge is 2.33. The van der Waals surface area contributed by atoms with Crippen LogP contribution in [0.1, 0.15) is 25.6 Å². The van der Waals surface area contributed by atoms with Gasteiger partial charge < -0.3 is 19.8 Å². The predicted molar refractivity (Wildman–Crippen MR) is 105 cm³/mol. The van der Waals surface area contributed by atoms with Crippen molar-refractivity contribution in [1.82, 2.24) is 10.6 Å². The number of furan rings is 1. The number of hydrogen-bond acceptors (Lipinski definition) is 4. The largest absolute Gasteiger partial charge is 0.463 e. The molecule has 2 aromatic rings. The molecule has 0 saturated heterocycles. The number of carbonyl (C=O) groups excluding carboxylic acids is 1. The monoisotopic (exact) mass is 410 g/mol. The van der Waals surface area contributed by atoms with Crippen LogP contribution < -0.4 is 10.6 Å². The Labute approximate surface area is 166 Å². The molecule has 1 unspecified atom stereocenters. The summed E-state index contributed by atoms with van der Waals surface area (Å²) in [5.74, 6) is 0.716. The van der Waals surface area contributed by atoms with Gasteiger partial charge in [0.25, 0.3) is 0 Å². The van der Waals surface area contributed by atoms with Crippen LogP contribution in [0.2, 0.25) is 10.0 Å². The van der Waals surface area contributed by atoms with Crippen molar-refractivity contribution in [3.63, 3.8) is 0 Å². The number of hydrogen-bond donors (Lipinski definition) is 2. The van der Waals surface area contributed by atoms with Gasteiger partial charge in [0.2, 0.25) is 0 Å². The molecule has 0 spiro atoms. The van der Waals surface area contributed by atoms with E-state index >= 15 is 0 Å². The van der Waals surface area contributed by atoms with Gasteiger partial charge in [-0.1, -0.05) is 23.2 Å². The highest BCUT2D eigenvalue weighted by molar-refractivity contribution is 7.80. The van der Waals surface area contributed by atoms with Crippen molar-refractivity contribution in [3.05, 3.63) is 57.4 Å². The molecular weight excluding hydrogens is 395 g/mol. The van der Waals surface area contributed by atoms with Gasteiger partial charge >= 0.3 is 5.97 Å². The Morgan fingerprint density at radius 3 is 2.73 bits per heavy atom. The maximum absolute atomic E-state index is 12.4. The maximum atomic E-state index is 12.4. The number of thiocarbonyl (C=S) groups is 1. The topological polar surface area (TPSA) is 63.5 Å². The molecule has 136 valence electrons. The van der Waals surface area contributed by atoms with Crippen molar-refractivity contribution in [2.45, 2.75) is 19.9 Å². The van der Waals surface area contributed by atoms with Crippen molar-refractivity contribution < 1.29 is 13.9 Å². The van der Waals surface area contributed by atoms with E-state index in [2.05, 4.69) is 10.6 Å². The van der Waals surface area contributed by atoms with Gasteiger partial charge in [-0.2, -0.15) is 0 Å². The molecule has 0 radical (unpaired) electrons. The van der Waals surface area contributed by atoms with Crippen LogP contribution >= 0.6 is 35.4 Å². The molecule has 3 rings (SSSR count). The third-order valence-electron chi connectivity index (χ3n) is 3.88. The standard InChI is InChI=1S/C18H16Cl2N2O3S/c1-3-24-17(23)15-9(2)21-18(26)22-16(15)14-7-6-13(25-14)10-4-5-11(19)12(20)8-10/h4-8,16H,3H2,1-2H3,(H2,21,22,26). The highest BCUT2D eigenvalue weighted by atomic mass is 35.5. The van der Waals surface area contributed by atoms with Crippen LogP contribution in [-0.4, -0.2) is 17.7 Å². The third kappa shape index (κ3) is 3.72. The Bertz CT molecular complexity index is 908. The molecule has 0 fully saturated rings. The SMILES string of the molecule is CCOC(=O)C1=C(C)NC(=S)NC1c1ccc(-c2ccc(Cl)c(Cl)c2)o1. The summed E-state index contributed by atoms with van der Waals surface area (Å²) in [7, 11) is 0. The first-order valence-corrected chi connectivity index (χ1v) is 9.07. The Morgan fingerprint density at radius 1 is 1.27 bits per heavy atom. The molecule has 2 N–H and O–H groups in total. The summed E-state index contributed by atoms with van der Waals surface area (Å²) < 4.78 is 11.1. The van der Waals surface area contributed by atoms with Crippen molar-refractivity contribution in [2.24, 2.45) is 0 Å². The number of esters is 1. The first-order chi connectivity index (χ1) is 12.4. The molecule has 1 aliphatic heterocycles. The van der Waals surface area contributed by atoms with Gasteiger partial charge in [0.1, 0.15) is 17.6 Å². The van der Waals surface area contributed by atoms with Gasteiger partial charge in [-0.25, -0.2) is 4.79 Å². The summed E-state index contributed by atoms with van der Waals surface area (Å²) in [6, 6.07) is 8.29. The van der Waals surface area contributed by atoms with Crippen LogP contribution in [0, 0.1) is 0 Å². The molecule has 0 aliphatic carbocycles. The molecule has 1 aromatic carbocycles. The van der Waals surface area contributed by atoms with E-state index in [1.54, 1.807) is 38.1 Å². The molecule has 26 heavy (non-hydrogen) atoms. The van der Waals surface area contributed by atoms with E-state index in [1.807, 2.05) is 6.07 Å². The molecule has 0 bridgehead atoms. The number of halogens is 2. The lowest BCUT2D eigenvalue weighted by Crippen LogP contribution is -2.45. The lowest BCUT2D eigenvalue weighted by molar-refractivity contribution is -0.139. The highest BCUT2D eigenvalue weighted by Crippen LogP contribution is 2.34. The summed E-state index contributed by atoms with van der Waals surface area (Å²) in [6.07, 6.45) is 0. The van der Waals surface area contributed by atoms with Gasteiger partial charge in [0.15, 0.2) is 5.11 Å². The summed E-state index contributed by atoms with van der Waals surface area (Å²) in [6.45, 7) is 3.81. The zero-order valence-corrected chi connectivity index (χ0v) is 16.4. The predicted octanol–water partition coefficient (Wildman–Crippen LogP) is 4.61. The number of carbonyl (C=O) groups is 1. The van der Waals surface area contributed by atoms with E-state index in [-0.39, 0.29) is 6.61 Å². The zero-order valence-electron chi connectivity index (χ0n) is 14.1. The Kier molecular flexibility index (Phi) is 5.55. The van der Waals surface area contributed by atoms with E-state index in [9.17, 15) is 4.79 Å². The summed E-state index contributed by atoms with van der Waals surface area (Å²) >= 11 is 17.2. The molecule has 2 heterocycles. The van der Waals surface area contributed by atoms with Crippen LogP contribution in [0.4, 0.5) is 0 Å². The van der Waals surface area contributed by atoms with Crippen LogP contribution in [0.25, 0.3) is 11.3 Å². The van der Waals surface area contributed by atoms with Gasteiger partial charge in [-0.15, -0.1) is 0 Å². The normalized spacial score (nSPS) is 16.9. The lowest BCUT2D eigenvalue weighted by Gasteiger charge is -2.28. The molecule has 1 atom stereocenters. The quantitative estimate of drug-likeness (QED) is 0.566. The molecule has 1 aliphatic rings. The van der Waals surface area contributed by atoms with Gasteiger partial charge in [-0.3, -0.25) is 0 Å². The number of rotatable bonds is 4. The van der Waals surface area contributed by atoms with E-state index in [0.29, 0.717) is 37.9 Å². The van der Waals surface area contributed by atoms with Crippen LogP contribution in [0.5, 0.6) is 0 Å². The number of benzene rings is 1. The van der Waals surface area contributed by atoms with Crippen LogP contribution in [-0.2, 0) is 9.53 Å². The van der Waals surface area contributed by atoms with E-state index in [1.165, 1.54) is 0 Å². The number of allylic oxidation sites excluding steroid dienone is 1. The second-order valence-electron chi connectivity index (χ2n) is 5.62. The lowest BCUT2D eigenvalue weighted by atomic mass is 10.0. The molecule has 5 nitrogen and oxygen atoms in total. The summed E-state index contributed by atoms with van der Waals surface area (Å²) in [5.41, 5.74) is 1.83. The third-order valence-corrected chi connectivity index (χ3v) is 4.84. The number of ether oxygens (including phenoxy) is 1. The second kappa shape index (κ2) is 7.70. The van der Waals surface area contributed by atoms with Crippen LogP contribution in [0.15, 0.2) is 46.0 Å². The van der Waals surface area contributed by atoms with E-state index in [4.69, 9.17) is 44.6 Å². The van der Waals surface area contributed by atoms with Gasteiger partial charge in [0.05, 0.1) is 22.2 Å². The number of nitrogens with one attached hydrogen (secondary N) is 2. The van der Waals surface area contributed by atoms with Gasteiger partial charge in [0, 0.05) is 11.3 Å². The zero-order chi connectivity index (χ0) is 18.8. The first-order valence-electron chi connectivity index (χ1n) is 7.91. The first kappa shape index (κ1) is 18.8. The Morgan fingerprint density at radius 2 is 2.04 bits per heavy atom. The summed E-state index contributed by atoms with van der Waals surface area (Å²) in [4.78, 5) is 12.4. The van der Waals surface area contributed by atoms with E-state index < -0.39 is 12.0 Å². The fraction of sp³-hybridized carbons (Fsp3) is 0.222. The molecule has 0 amide bonds. The smallest absolute Gasteiger partial charge is 0.338 e. The minimum Gasteiger partial charge on any atom is -0.463 e.